The number of ether oxygens (including phenoxy) is 1. The van der Waals surface area contributed by atoms with E-state index in [0.29, 0.717) is 11.7 Å². The molecule has 0 aliphatic rings. The van der Waals surface area contributed by atoms with Crippen molar-refractivity contribution in [3.8, 4) is 5.75 Å². The van der Waals surface area contributed by atoms with E-state index < -0.39 is 0 Å². The third kappa shape index (κ3) is 5.08. The lowest BCUT2D eigenvalue weighted by molar-refractivity contribution is -0.122. The Morgan fingerprint density at radius 2 is 2.22 bits per heavy atom. The summed E-state index contributed by atoms with van der Waals surface area (Å²) in [5.74, 6) is 1.21. The number of anilines is 1. The van der Waals surface area contributed by atoms with Gasteiger partial charge in [-0.1, -0.05) is 26.3 Å². The standard InChI is InChI=1S/C14H22N2O2/c1-4-11(2)9-16-12-6-5-7-13(8-12)18-10-14(17)15-3/h5-8,11,16H,4,9-10H2,1-3H3,(H,15,17). The van der Waals surface area contributed by atoms with Gasteiger partial charge in [0.25, 0.3) is 5.91 Å². The minimum Gasteiger partial charge on any atom is -0.484 e. The van der Waals surface area contributed by atoms with Gasteiger partial charge in [-0.05, 0) is 18.1 Å². The quantitative estimate of drug-likeness (QED) is 0.780. The van der Waals surface area contributed by atoms with Crippen LogP contribution in [0.1, 0.15) is 20.3 Å². The Morgan fingerprint density at radius 3 is 2.89 bits per heavy atom. The van der Waals surface area contributed by atoms with Crippen LogP contribution in [0, 0.1) is 5.92 Å². The van der Waals surface area contributed by atoms with Gasteiger partial charge in [0.05, 0.1) is 0 Å². The van der Waals surface area contributed by atoms with Gasteiger partial charge in [0, 0.05) is 25.3 Å². The zero-order valence-electron chi connectivity index (χ0n) is 11.3. The highest BCUT2D eigenvalue weighted by atomic mass is 16.5. The molecule has 100 valence electrons. The molecule has 0 aromatic heterocycles. The second-order valence-electron chi connectivity index (χ2n) is 4.38. The molecular weight excluding hydrogens is 228 g/mol. The molecule has 2 N–H and O–H groups in total. The minimum atomic E-state index is -0.132. The van der Waals surface area contributed by atoms with Crippen molar-refractivity contribution in [3.05, 3.63) is 24.3 Å². The molecule has 0 radical (unpaired) electrons. The van der Waals surface area contributed by atoms with E-state index in [4.69, 9.17) is 4.74 Å². The molecule has 1 rings (SSSR count). The van der Waals surface area contributed by atoms with Crippen LogP contribution >= 0.6 is 0 Å². The normalized spacial score (nSPS) is 11.7. The van der Waals surface area contributed by atoms with Crippen molar-refractivity contribution in [1.82, 2.24) is 5.32 Å². The number of nitrogens with one attached hydrogen (secondary N) is 2. The van der Waals surface area contributed by atoms with Gasteiger partial charge in [-0.15, -0.1) is 0 Å². The van der Waals surface area contributed by atoms with Gasteiger partial charge >= 0.3 is 0 Å². The topological polar surface area (TPSA) is 50.4 Å². The zero-order valence-corrected chi connectivity index (χ0v) is 11.3. The summed E-state index contributed by atoms with van der Waals surface area (Å²) >= 11 is 0. The summed E-state index contributed by atoms with van der Waals surface area (Å²) in [6, 6.07) is 7.66. The van der Waals surface area contributed by atoms with Crippen LogP contribution in [0.5, 0.6) is 5.75 Å². The maximum Gasteiger partial charge on any atom is 0.257 e. The fourth-order valence-corrected chi connectivity index (χ4v) is 1.35. The van der Waals surface area contributed by atoms with Crippen LogP contribution in [0.15, 0.2) is 24.3 Å². The minimum absolute atomic E-state index is 0.0469. The Hall–Kier alpha value is -1.71. The molecule has 0 aliphatic heterocycles. The van der Waals surface area contributed by atoms with E-state index in [0.717, 1.165) is 18.7 Å². The SMILES string of the molecule is CCC(C)CNc1cccc(OCC(=O)NC)c1. The number of carbonyl (C=O) groups excluding carboxylic acids is 1. The van der Waals surface area contributed by atoms with Crippen LogP contribution in [-0.2, 0) is 4.79 Å². The van der Waals surface area contributed by atoms with Crippen molar-refractivity contribution < 1.29 is 9.53 Å². The summed E-state index contributed by atoms with van der Waals surface area (Å²) in [7, 11) is 1.59. The van der Waals surface area contributed by atoms with E-state index in [1.165, 1.54) is 0 Å². The summed E-state index contributed by atoms with van der Waals surface area (Å²) in [6.45, 7) is 5.37. The molecule has 0 saturated carbocycles. The predicted molar refractivity (Wildman–Crippen MR) is 73.9 cm³/mol. The fourth-order valence-electron chi connectivity index (χ4n) is 1.35. The average molecular weight is 250 g/mol. The predicted octanol–water partition coefficient (Wildman–Crippen LogP) is 2.27. The summed E-state index contributed by atoms with van der Waals surface area (Å²) in [5, 5.41) is 5.87. The van der Waals surface area contributed by atoms with E-state index in [-0.39, 0.29) is 12.5 Å². The van der Waals surface area contributed by atoms with Gasteiger partial charge in [0.2, 0.25) is 0 Å². The van der Waals surface area contributed by atoms with E-state index >= 15 is 0 Å². The molecular formula is C14H22N2O2. The first-order chi connectivity index (χ1) is 8.65. The Bertz CT molecular complexity index is 380. The van der Waals surface area contributed by atoms with Gasteiger partial charge in [0.15, 0.2) is 6.61 Å². The molecule has 18 heavy (non-hydrogen) atoms. The summed E-state index contributed by atoms with van der Waals surface area (Å²) in [4.78, 5) is 11.1. The van der Waals surface area contributed by atoms with Gasteiger partial charge < -0.3 is 15.4 Å². The first-order valence-electron chi connectivity index (χ1n) is 6.33. The van der Waals surface area contributed by atoms with Crippen molar-refractivity contribution in [3.63, 3.8) is 0 Å². The van der Waals surface area contributed by atoms with Crippen LogP contribution in [-0.4, -0.2) is 26.1 Å². The smallest absolute Gasteiger partial charge is 0.257 e. The Kier molecular flexibility index (Phi) is 6.05. The summed E-state index contributed by atoms with van der Waals surface area (Å²) in [5.41, 5.74) is 1.02. The second kappa shape index (κ2) is 7.58. The molecule has 0 saturated heterocycles. The van der Waals surface area contributed by atoms with Gasteiger partial charge in [-0.3, -0.25) is 4.79 Å². The molecule has 1 atom stereocenters. The Balaban J connectivity index is 2.48. The molecule has 0 spiro atoms. The first-order valence-corrected chi connectivity index (χ1v) is 6.33. The van der Waals surface area contributed by atoms with E-state index in [9.17, 15) is 4.79 Å². The highest BCUT2D eigenvalue weighted by Gasteiger charge is 2.02. The van der Waals surface area contributed by atoms with Crippen LogP contribution in [0.3, 0.4) is 0 Å². The number of rotatable bonds is 7. The van der Waals surface area contributed by atoms with Crippen molar-refractivity contribution in [1.29, 1.82) is 0 Å². The number of hydrogen-bond donors (Lipinski definition) is 2. The number of carbonyl (C=O) groups is 1. The lowest BCUT2D eigenvalue weighted by Gasteiger charge is -2.12. The number of amides is 1. The van der Waals surface area contributed by atoms with Crippen LogP contribution < -0.4 is 15.4 Å². The van der Waals surface area contributed by atoms with E-state index in [1.807, 2.05) is 24.3 Å². The fraction of sp³-hybridized carbons (Fsp3) is 0.500. The molecule has 1 amide bonds. The molecule has 1 aromatic carbocycles. The van der Waals surface area contributed by atoms with Crippen molar-refractivity contribution in [2.45, 2.75) is 20.3 Å². The lowest BCUT2D eigenvalue weighted by Crippen LogP contribution is -2.24. The largest absolute Gasteiger partial charge is 0.484 e. The highest BCUT2D eigenvalue weighted by Crippen LogP contribution is 2.17. The summed E-state index contributed by atoms with van der Waals surface area (Å²) in [6.07, 6.45) is 1.15. The van der Waals surface area contributed by atoms with Gasteiger partial charge in [0.1, 0.15) is 5.75 Å². The molecule has 4 nitrogen and oxygen atoms in total. The number of likely N-dealkylation sites (N-methyl/N-ethyl adjacent to an activating group) is 1. The van der Waals surface area contributed by atoms with E-state index in [2.05, 4.69) is 24.5 Å². The summed E-state index contributed by atoms with van der Waals surface area (Å²) < 4.78 is 5.38. The van der Waals surface area contributed by atoms with Crippen LogP contribution in [0.25, 0.3) is 0 Å². The molecule has 0 heterocycles. The Labute approximate surface area is 109 Å². The first kappa shape index (κ1) is 14.4. The van der Waals surface area contributed by atoms with Gasteiger partial charge in [-0.25, -0.2) is 0 Å². The number of hydrogen-bond acceptors (Lipinski definition) is 3. The van der Waals surface area contributed by atoms with Crippen LogP contribution in [0.2, 0.25) is 0 Å². The molecule has 4 heteroatoms. The van der Waals surface area contributed by atoms with Gasteiger partial charge in [-0.2, -0.15) is 0 Å². The number of benzene rings is 1. The maximum atomic E-state index is 11.1. The van der Waals surface area contributed by atoms with E-state index in [1.54, 1.807) is 7.05 Å². The molecule has 1 aromatic rings. The monoisotopic (exact) mass is 250 g/mol. The molecule has 0 aliphatic carbocycles. The Morgan fingerprint density at radius 1 is 1.44 bits per heavy atom. The maximum absolute atomic E-state index is 11.1. The van der Waals surface area contributed by atoms with Crippen molar-refractivity contribution in [2.24, 2.45) is 5.92 Å². The zero-order chi connectivity index (χ0) is 13.4. The van der Waals surface area contributed by atoms with Crippen molar-refractivity contribution >= 4 is 11.6 Å². The lowest BCUT2D eigenvalue weighted by atomic mass is 10.1. The third-order valence-electron chi connectivity index (χ3n) is 2.83. The van der Waals surface area contributed by atoms with Crippen LogP contribution in [0.4, 0.5) is 5.69 Å². The molecule has 0 bridgehead atoms. The highest BCUT2D eigenvalue weighted by molar-refractivity contribution is 5.77. The molecule has 1 unspecified atom stereocenters. The molecule has 0 fully saturated rings. The van der Waals surface area contributed by atoms with Crippen molar-refractivity contribution in [2.75, 3.05) is 25.5 Å². The second-order valence-corrected chi connectivity index (χ2v) is 4.38. The third-order valence-corrected chi connectivity index (χ3v) is 2.83. The average Bonchev–Trinajstić information content (AvgIpc) is 2.42.